The van der Waals surface area contributed by atoms with E-state index < -0.39 is 6.04 Å². The predicted molar refractivity (Wildman–Crippen MR) is 139 cm³/mol. The second-order valence-corrected chi connectivity index (χ2v) is 9.18. The zero-order valence-electron chi connectivity index (χ0n) is 20.8. The number of carbonyl (C=O) groups excluding carboxylic acids is 2. The van der Waals surface area contributed by atoms with Gasteiger partial charge in [-0.15, -0.1) is 0 Å². The Balaban J connectivity index is 1.97. The van der Waals surface area contributed by atoms with E-state index in [1.807, 2.05) is 76.2 Å². The second-order valence-electron chi connectivity index (χ2n) is 9.18. The van der Waals surface area contributed by atoms with Crippen molar-refractivity contribution in [1.29, 1.82) is 0 Å². The molecular weight excluding hydrogens is 420 g/mol. The molecule has 34 heavy (non-hydrogen) atoms. The third-order valence-corrected chi connectivity index (χ3v) is 5.89. The number of aryl methyl sites for hydroxylation is 3. The maximum atomic E-state index is 13.8. The monoisotopic (exact) mass is 456 g/mol. The maximum absolute atomic E-state index is 13.8. The van der Waals surface area contributed by atoms with Gasteiger partial charge in [0.2, 0.25) is 11.8 Å². The highest BCUT2D eigenvalue weighted by Crippen LogP contribution is 2.18. The van der Waals surface area contributed by atoms with Gasteiger partial charge < -0.3 is 10.2 Å². The Morgan fingerprint density at radius 3 is 2.09 bits per heavy atom. The smallest absolute Gasteiger partial charge is 0.243 e. The molecule has 4 nitrogen and oxygen atoms in total. The molecule has 1 N–H and O–H groups in total. The molecule has 0 heterocycles. The summed E-state index contributed by atoms with van der Waals surface area (Å²) >= 11 is 0. The number of nitrogens with one attached hydrogen (secondary N) is 1. The van der Waals surface area contributed by atoms with E-state index in [4.69, 9.17) is 0 Å². The number of hydrogen-bond donors (Lipinski definition) is 1. The Bertz CT molecular complexity index is 1090. The summed E-state index contributed by atoms with van der Waals surface area (Å²) in [6.45, 7) is 9.14. The standard InChI is InChI=1S/C30H36N2O2/c1-5-14-31-30(34)28(19-25-11-7-6-8-12-25)32(21-26-13-9-10-22(2)16-26)29(33)20-27-17-23(3)15-24(4)18-27/h6-13,15-18,28H,5,14,19-21H2,1-4H3,(H,31,34)/t28-/m1/s1. The fraction of sp³-hybridized carbons (Fsp3) is 0.333. The molecule has 3 aromatic rings. The molecule has 1 atom stereocenters. The van der Waals surface area contributed by atoms with Crippen LogP contribution in [0.4, 0.5) is 0 Å². The second kappa shape index (κ2) is 12.2. The average Bonchev–Trinajstić information content (AvgIpc) is 2.79. The van der Waals surface area contributed by atoms with Crippen LogP contribution in [0.15, 0.2) is 72.8 Å². The van der Waals surface area contributed by atoms with Gasteiger partial charge in [-0.3, -0.25) is 9.59 Å². The minimum Gasteiger partial charge on any atom is -0.354 e. The molecule has 0 radical (unpaired) electrons. The number of nitrogens with zero attached hydrogens (tertiary/aromatic N) is 1. The highest BCUT2D eigenvalue weighted by atomic mass is 16.2. The third kappa shape index (κ3) is 7.31. The van der Waals surface area contributed by atoms with Crippen molar-refractivity contribution in [3.63, 3.8) is 0 Å². The predicted octanol–water partition coefficient (Wildman–Crippen LogP) is 5.32. The Morgan fingerprint density at radius 2 is 1.44 bits per heavy atom. The fourth-order valence-electron chi connectivity index (χ4n) is 4.37. The van der Waals surface area contributed by atoms with Gasteiger partial charge >= 0.3 is 0 Å². The molecule has 2 amide bonds. The molecule has 178 valence electrons. The molecule has 3 rings (SSSR count). The molecule has 3 aromatic carbocycles. The Kier molecular flexibility index (Phi) is 9.03. The van der Waals surface area contributed by atoms with Gasteiger partial charge in [0, 0.05) is 19.5 Å². The minimum absolute atomic E-state index is 0.0425. The number of benzene rings is 3. The SMILES string of the molecule is CCCNC(=O)[C@@H](Cc1ccccc1)N(Cc1cccc(C)c1)C(=O)Cc1cc(C)cc(C)c1. The van der Waals surface area contributed by atoms with Crippen molar-refractivity contribution in [3.8, 4) is 0 Å². The van der Waals surface area contributed by atoms with Crippen LogP contribution in [0.1, 0.15) is 46.7 Å². The highest BCUT2D eigenvalue weighted by molar-refractivity contribution is 5.88. The van der Waals surface area contributed by atoms with Gasteiger partial charge in [-0.25, -0.2) is 0 Å². The van der Waals surface area contributed by atoms with E-state index in [-0.39, 0.29) is 18.2 Å². The lowest BCUT2D eigenvalue weighted by molar-refractivity contribution is -0.140. The average molecular weight is 457 g/mol. The molecule has 0 spiro atoms. The molecular formula is C30H36N2O2. The number of hydrogen-bond acceptors (Lipinski definition) is 2. The largest absolute Gasteiger partial charge is 0.354 e. The van der Waals surface area contributed by atoms with Crippen molar-refractivity contribution in [2.45, 2.75) is 59.5 Å². The first kappa shape index (κ1) is 25.2. The summed E-state index contributed by atoms with van der Waals surface area (Å²) in [5.41, 5.74) is 6.44. The summed E-state index contributed by atoms with van der Waals surface area (Å²) < 4.78 is 0. The van der Waals surface area contributed by atoms with E-state index in [2.05, 4.69) is 29.6 Å². The van der Waals surface area contributed by atoms with E-state index in [1.54, 1.807) is 4.90 Å². The summed E-state index contributed by atoms with van der Waals surface area (Å²) in [4.78, 5) is 28.9. The van der Waals surface area contributed by atoms with E-state index in [1.165, 1.54) is 0 Å². The lowest BCUT2D eigenvalue weighted by atomic mass is 10.00. The summed E-state index contributed by atoms with van der Waals surface area (Å²) in [5, 5.41) is 3.03. The van der Waals surface area contributed by atoms with Crippen molar-refractivity contribution in [2.75, 3.05) is 6.54 Å². The molecule has 0 saturated carbocycles. The Labute approximate surface area is 204 Å². The molecule has 0 aliphatic carbocycles. The number of amides is 2. The van der Waals surface area contributed by atoms with Gasteiger partial charge in [0.1, 0.15) is 6.04 Å². The quantitative estimate of drug-likeness (QED) is 0.449. The topological polar surface area (TPSA) is 49.4 Å². The highest BCUT2D eigenvalue weighted by Gasteiger charge is 2.30. The van der Waals surface area contributed by atoms with Crippen LogP contribution in [-0.2, 0) is 29.0 Å². The summed E-state index contributed by atoms with van der Waals surface area (Å²) in [5.74, 6) is -0.147. The van der Waals surface area contributed by atoms with Gasteiger partial charge in [0.05, 0.1) is 6.42 Å². The zero-order chi connectivity index (χ0) is 24.5. The van der Waals surface area contributed by atoms with E-state index in [9.17, 15) is 9.59 Å². The van der Waals surface area contributed by atoms with Crippen LogP contribution in [0, 0.1) is 20.8 Å². The summed E-state index contributed by atoms with van der Waals surface area (Å²) in [7, 11) is 0. The lowest BCUT2D eigenvalue weighted by Crippen LogP contribution is -2.51. The van der Waals surface area contributed by atoms with Crippen LogP contribution in [0.3, 0.4) is 0 Å². The van der Waals surface area contributed by atoms with Gasteiger partial charge in [-0.2, -0.15) is 0 Å². The molecule has 0 saturated heterocycles. The summed E-state index contributed by atoms with van der Waals surface area (Å²) in [6, 6.07) is 23.7. The minimum atomic E-state index is -0.590. The van der Waals surface area contributed by atoms with Gasteiger partial charge in [-0.1, -0.05) is 96.4 Å². The van der Waals surface area contributed by atoms with Crippen LogP contribution in [0.5, 0.6) is 0 Å². The van der Waals surface area contributed by atoms with E-state index >= 15 is 0 Å². The normalized spacial score (nSPS) is 11.6. The maximum Gasteiger partial charge on any atom is 0.243 e. The van der Waals surface area contributed by atoms with Crippen molar-refractivity contribution < 1.29 is 9.59 Å². The first-order valence-corrected chi connectivity index (χ1v) is 12.1. The van der Waals surface area contributed by atoms with Crippen LogP contribution in [0.2, 0.25) is 0 Å². The van der Waals surface area contributed by atoms with Crippen LogP contribution < -0.4 is 5.32 Å². The Morgan fingerprint density at radius 1 is 0.794 bits per heavy atom. The molecule has 0 aromatic heterocycles. The number of carbonyl (C=O) groups is 2. The molecule has 0 aliphatic heterocycles. The van der Waals surface area contributed by atoms with Gasteiger partial charge in [-0.05, 0) is 43.9 Å². The van der Waals surface area contributed by atoms with Gasteiger partial charge in [0.15, 0.2) is 0 Å². The molecule has 0 fully saturated rings. The van der Waals surface area contributed by atoms with Crippen LogP contribution >= 0.6 is 0 Å². The van der Waals surface area contributed by atoms with Crippen molar-refractivity contribution >= 4 is 11.8 Å². The van der Waals surface area contributed by atoms with Gasteiger partial charge in [0.25, 0.3) is 0 Å². The zero-order valence-corrected chi connectivity index (χ0v) is 20.8. The van der Waals surface area contributed by atoms with Crippen LogP contribution in [0.25, 0.3) is 0 Å². The first-order chi connectivity index (χ1) is 16.4. The van der Waals surface area contributed by atoms with Crippen molar-refractivity contribution in [3.05, 3.63) is 106 Å². The molecule has 4 heteroatoms. The van der Waals surface area contributed by atoms with Crippen LogP contribution in [-0.4, -0.2) is 29.3 Å². The van der Waals surface area contributed by atoms with E-state index in [0.29, 0.717) is 19.5 Å². The third-order valence-electron chi connectivity index (χ3n) is 5.89. The number of rotatable bonds is 10. The molecule has 0 bridgehead atoms. The lowest BCUT2D eigenvalue weighted by Gasteiger charge is -2.32. The molecule has 0 aliphatic rings. The van der Waals surface area contributed by atoms with Crippen molar-refractivity contribution in [2.24, 2.45) is 0 Å². The van der Waals surface area contributed by atoms with Crippen molar-refractivity contribution in [1.82, 2.24) is 10.2 Å². The Hall–Kier alpha value is -3.40. The summed E-state index contributed by atoms with van der Waals surface area (Å²) in [6.07, 6.45) is 1.58. The van der Waals surface area contributed by atoms with E-state index in [0.717, 1.165) is 39.8 Å². The molecule has 0 unspecified atom stereocenters. The fourth-order valence-corrected chi connectivity index (χ4v) is 4.37. The first-order valence-electron chi connectivity index (χ1n) is 12.1.